The highest BCUT2D eigenvalue weighted by Gasteiger charge is 2.16. The van der Waals surface area contributed by atoms with Gasteiger partial charge in [-0.1, -0.05) is 53.5 Å². The molecule has 0 spiro atoms. The molecule has 0 amide bonds. The molecule has 0 saturated carbocycles. The van der Waals surface area contributed by atoms with E-state index >= 15 is 0 Å². The van der Waals surface area contributed by atoms with Gasteiger partial charge in [0.25, 0.3) is 0 Å². The van der Waals surface area contributed by atoms with E-state index in [2.05, 4.69) is 4.90 Å². The quantitative estimate of drug-likeness (QED) is 0.777. The molecule has 4 heteroatoms. The Morgan fingerprint density at radius 1 is 1.05 bits per heavy atom. The minimum absolute atomic E-state index is 0.0991. The van der Waals surface area contributed by atoms with Gasteiger partial charge in [-0.25, -0.2) is 0 Å². The van der Waals surface area contributed by atoms with E-state index in [4.69, 9.17) is 23.2 Å². The highest BCUT2D eigenvalue weighted by molar-refractivity contribution is 6.44. The second-order valence-corrected chi connectivity index (χ2v) is 6.04. The van der Waals surface area contributed by atoms with Crippen molar-refractivity contribution in [2.45, 2.75) is 13.0 Å². The van der Waals surface area contributed by atoms with Gasteiger partial charge in [-0.15, -0.1) is 0 Å². The van der Waals surface area contributed by atoms with Crippen LogP contribution in [0.5, 0.6) is 0 Å². The highest BCUT2D eigenvalue weighted by atomic mass is 35.5. The van der Waals surface area contributed by atoms with E-state index in [9.17, 15) is 4.79 Å². The highest BCUT2D eigenvalue weighted by Crippen LogP contribution is 2.27. The van der Waals surface area contributed by atoms with E-state index in [1.54, 1.807) is 18.2 Å². The maximum Gasteiger partial charge on any atom is 0.194 e. The molecule has 0 aromatic heterocycles. The molecule has 21 heavy (non-hydrogen) atoms. The summed E-state index contributed by atoms with van der Waals surface area (Å²) in [6.07, 6.45) is 1.28. The number of hydrogen-bond acceptors (Lipinski definition) is 2. The summed E-state index contributed by atoms with van der Waals surface area (Å²) < 4.78 is 0. The molecular weight excluding hydrogens is 305 g/mol. The summed E-state index contributed by atoms with van der Waals surface area (Å²) in [5.74, 6) is -0.0991. The Hall–Kier alpha value is -1.35. The molecule has 0 unspecified atom stereocenters. The van der Waals surface area contributed by atoms with Gasteiger partial charge in [-0.05, 0) is 37.2 Å². The van der Waals surface area contributed by atoms with Crippen LogP contribution in [0, 0.1) is 0 Å². The van der Waals surface area contributed by atoms with Crippen molar-refractivity contribution in [3.05, 3.63) is 69.2 Å². The second-order valence-electron chi connectivity index (χ2n) is 5.26. The monoisotopic (exact) mass is 319 g/mol. The molecule has 1 aliphatic heterocycles. The Bertz CT molecular complexity index is 663. The minimum Gasteiger partial charge on any atom is -0.299 e. The van der Waals surface area contributed by atoms with E-state index in [0.717, 1.165) is 6.54 Å². The third-order valence-corrected chi connectivity index (χ3v) is 4.59. The number of rotatable bonds is 4. The molecule has 0 aliphatic carbocycles. The van der Waals surface area contributed by atoms with E-state index in [0.29, 0.717) is 21.2 Å². The first-order valence-corrected chi connectivity index (χ1v) is 7.71. The number of halogens is 2. The molecule has 1 saturated heterocycles. The first kappa shape index (κ1) is 14.6. The van der Waals surface area contributed by atoms with Gasteiger partial charge >= 0.3 is 0 Å². The SMILES string of the molecule is O=C(c1ccc(CN2CCC2)cc1)c1cccc(Cl)c1Cl. The summed E-state index contributed by atoms with van der Waals surface area (Å²) in [6.45, 7) is 3.28. The van der Waals surface area contributed by atoms with Gasteiger partial charge in [-0.2, -0.15) is 0 Å². The zero-order chi connectivity index (χ0) is 14.8. The van der Waals surface area contributed by atoms with Crippen LogP contribution in [-0.2, 0) is 6.54 Å². The number of benzene rings is 2. The third kappa shape index (κ3) is 3.13. The standard InChI is InChI=1S/C17H15Cl2NO/c18-15-4-1-3-14(16(15)19)17(21)13-7-5-12(6-8-13)11-20-9-2-10-20/h1,3-8H,2,9-11H2. The molecule has 0 atom stereocenters. The zero-order valence-corrected chi connectivity index (χ0v) is 13.0. The first-order valence-electron chi connectivity index (χ1n) is 6.95. The summed E-state index contributed by atoms with van der Waals surface area (Å²) >= 11 is 12.1. The molecule has 3 rings (SSSR count). The van der Waals surface area contributed by atoms with Crippen LogP contribution in [0.1, 0.15) is 27.9 Å². The van der Waals surface area contributed by atoms with E-state index in [1.165, 1.54) is 25.1 Å². The molecular formula is C17H15Cl2NO. The summed E-state index contributed by atoms with van der Waals surface area (Å²) in [5, 5.41) is 0.714. The second kappa shape index (κ2) is 6.18. The van der Waals surface area contributed by atoms with Gasteiger partial charge in [0.05, 0.1) is 10.0 Å². The van der Waals surface area contributed by atoms with Crippen molar-refractivity contribution in [3.63, 3.8) is 0 Å². The molecule has 2 aromatic carbocycles. The van der Waals surface area contributed by atoms with Crippen molar-refractivity contribution in [2.75, 3.05) is 13.1 Å². The Morgan fingerprint density at radius 2 is 1.76 bits per heavy atom. The smallest absolute Gasteiger partial charge is 0.194 e. The number of hydrogen-bond donors (Lipinski definition) is 0. The van der Waals surface area contributed by atoms with Crippen LogP contribution in [-0.4, -0.2) is 23.8 Å². The molecule has 1 fully saturated rings. The van der Waals surface area contributed by atoms with Gasteiger partial charge in [0.2, 0.25) is 0 Å². The van der Waals surface area contributed by atoms with Crippen molar-refractivity contribution in [3.8, 4) is 0 Å². The first-order chi connectivity index (χ1) is 10.1. The van der Waals surface area contributed by atoms with Gasteiger partial charge in [0.1, 0.15) is 0 Å². The normalized spacial score (nSPS) is 14.8. The molecule has 0 N–H and O–H groups in total. The maximum absolute atomic E-state index is 12.5. The Balaban J connectivity index is 1.79. The number of carbonyl (C=O) groups excluding carboxylic acids is 1. The van der Waals surface area contributed by atoms with Crippen LogP contribution in [0.25, 0.3) is 0 Å². The Kier molecular flexibility index (Phi) is 4.29. The van der Waals surface area contributed by atoms with E-state index < -0.39 is 0 Å². The lowest BCUT2D eigenvalue weighted by molar-refractivity contribution is 0.103. The average molecular weight is 320 g/mol. The van der Waals surface area contributed by atoms with Gasteiger partial charge < -0.3 is 0 Å². The van der Waals surface area contributed by atoms with Crippen LogP contribution in [0.15, 0.2) is 42.5 Å². The fourth-order valence-corrected chi connectivity index (χ4v) is 2.78. The number of ketones is 1. The molecule has 1 heterocycles. The van der Waals surface area contributed by atoms with Crippen LogP contribution in [0.3, 0.4) is 0 Å². The zero-order valence-electron chi connectivity index (χ0n) is 11.5. The van der Waals surface area contributed by atoms with Crippen molar-refractivity contribution in [1.82, 2.24) is 4.90 Å². The molecule has 2 nitrogen and oxygen atoms in total. The molecule has 2 aromatic rings. The largest absolute Gasteiger partial charge is 0.299 e. The predicted octanol–water partition coefficient (Wildman–Crippen LogP) is 4.43. The maximum atomic E-state index is 12.5. The number of likely N-dealkylation sites (tertiary alicyclic amines) is 1. The van der Waals surface area contributed by atoms with Crippen molar-refractivity contribution >= 4 is 29.0 Å². The van der Waals surface area contributed by atoms with Crippen LogP contribution < -0.4 is 0 Å². The Morgan fingerprint density at radius 3 is 2.38 bits per heavy atom. The van der Waals surface area contributed by atoms with Crippen LogP contribution >= 0.6 is 23.2 Å². The van der Waals surface area contributed by atoms with E-state index in [-0.39, 0.29) is 5.78 Å². The van der Waals surface area contributed by atoms with Crippen LogP contribution in [0.2, 0.25) is 10.0 Å². The number of carbonyl (C=O) groups is 1. The predicted molar refractivity (Wildman–Crippen MR) is 86.2 cm³/mol. The number of nitrogens with zero attached hydrogens (tertiary/aromatic N) is 1. The molecule has 108 valence electrons. The fraction of sp³-hybridized carbons (Fsp3) is 0.235. The fourth-order valence-electron chi connectivity index (χ4n) is 2.39. The Labute approximate surface area is 134 Å². The third-order valence-electron chi connectivity index (χ3n) is 3.77. The van der Waals surface area contributed by atoms with Gasteiger partial charge in [0.15, 0.2) is 5.78 Å². The molecule has 0 radical (unpaired) electrons. The van der Waals surface area contributed by atoms with Crippen molar-refractivity contribution in [1.29, 1.82) is 0 Å². The average Bonchev–Trinajstić information content (AvgIpc) is 2.46. The summed E-state index contributed by atoms with van der Waals surface area (Å²) in [5.41, 5.74) is 2.30. The van der Waals surface area contributed by atoms with Gasteiger partial charge in [0, 0.05) is 17.7 Å². The molecule has 1 aliphatic rings. The summed E-state index contributed by atoms with van der Waals surface area (Å²) in [7, 11) is 0. The topological polar surface area (TPSA) is 20.3 Å². The lowest BCUT2D eigenvalue weighted by Gasteiger charge is -2.30. The van der Waals surface area contributed by atoms with Crippen molar-refractivity contribution in [2.24, 2.45) is 0 Å². The lowest BCUT2D eigenvalue weighted by Crippen LogP contribution is -2.36. The van der Waals surface area contributed by atoms with Crippen LogP contribution in [0.4, 0.5) is 0 Å². The summed E-state index contributed by atoms with van der Waals surface area (Å²) in [4.78, 5) is 14.8. The lowest BCUT2D eigenvalue weighted by atomic mass is 10.0. The van der Waals surface area contributed by atoms with E-state index in [1.807, 2.05) is 24.3 Å². The van der Waals surface area contributed by atoms with Crippen molar-refractivity contribution < 1.29 is 4.79 Å². The minimum atomic E-state index is -0.0991. The summed E-state index contributed by atoms with van der Waals surface area (Å²) in [6, 6.07) is 12.8. The molecule has 0 bridgehead atoms. The van der Waals surface area contributed by atoms with Gasteiger partial charge in [-0.3, -0.25) is 9.69 Å².